The smallest absolute Gasteiger partial charge is 0.331 e. The average Bonchev–Trinajstić information content (AvgIpc) is 2.91. The van der Waals surface area contributed by atoms with E-state index in [9.17, 15) is 17.6 Å². The summed E-state index contributed by atoms with van der Waals surface area (Å²) >= 11 is 2.17. The van der Waals surface area contributed by atoms with E-state index < -0.39 is 17.9 Å². The Morgan fingerprint density at radius 2 is 1.86 bits per heavy atom. The Kier molecular flexibility index (Phi) is 4.15. The maximum atomic E-state index is 13.1. The molecule has 2 aromatic rings. The molecule has 2 heterocycles. The number of hydrogen-bond donors (Lipinski definition) is 0. The van der Waals surface area contributed by atoms with Crippen LogP contribution in [0.1, 0.15) is 23.1 Å². The van der Waals surface area contributed by atoms with Crippen LogP contribution in [-0.2, 0) is 12.7 Å². The molecule has 0 fully saturated rings. The minimum absolute atomic E-state index is 0.349. The summed E-state index contributed by atoms with van der Waals surface area (Å²) in [5.74, 6) is -0.0262. The van der Waals surface area contributed by atoms with E-state index in [1.165, 1.54) is 12.1 Å². The second-order valence-corrected chi connectivity index (χ2v) is 5.74. The summed E-state index contributed by atoms with van der Waals surface area (Å²) in [5.41, 5.74) is -0.150. The minimum Gasteiger partial charge on any atom is -0.331 e. The van der Waals surface area contributed by atoms with Gasteiger partial charge in [0, 0.05) is 19.3 Å². The lowest BCUT2D eigenvalue weighted by atomic mass is 10.0. The lowest BCUT2D eigenvalue weighted by molar-refractivity contribution is -0.141. The van der Waals surface area contributed by atoms with Gasteiger partial charge in [0.05, 0.1) is 10.6 Å². The molecule has 1 aliphatic heterocycles. The topological polar surface area (TPSA) is 21.1 Å². The molecule has 3 nitrogen and oxygen atoms in total. The molecule has 0 aliphatic carbocycles. The van der Waals surface area contributed by atoms with Crippen molar-refractivity contribution >= 4 is 22.6 Å². The van der Waals surface area contributed by atoms with Crippen LogP contribution in [0.4, 0.5) is 17.6 Å². The predicted molar refractivity (Wildman–Crippen MR) is 81.1 cm³/mol. The Morgan fingerprint density at radius 1 is 1.18 bits per heavy atom. The second-order valence-electron chi connectivity index (χ2n) is 5.06. The fraction of sp³-hybridized carbons (Fsp3) is 0.357. The summed E-state index contributed by atoms with van der Waals surface area (Å²) in [6.07, 6.45) is -3.41. The van der Waals surface area contributed by atoms with E-state index in [4.69, 9.17) is 0 Å². The highest BCUT2D eigenvalue weighted by Crippen LogP contribution is 2.35. The van der Waals surface area contributed by atoms with E-state index in [0.717, 1.165) is 11.8 Å². The van der Waals surface area contributed by atoms with E-state index in [1.54, 1.807) is 16.7 Å². The molecule has 0 saturated carbocycles. The molecule has 118 valence electrons. The summed E-state index contributed by atoms with van der Waals surface area (Å²) in [6.45, 7) is 1.07. The number of benzene rings is 1. The Bertz CT molecular complexity index is 666. The molecule has 3 rings (SSSR count). The van der Waals surface area contributed by atoms with Crippen molar-refractivity contribution in [3.8, 4) is 0 Å². The third-order valence-electron chi connectivity index (χ3n) is 3.67. The first-order valence-electron chi connectivity index (χ1n) is 6.60. The first-order valence-corrected chi connectivity index (χ1v) is 8.12. The van der Waals surface area contributed by atoms with Crippen molar-refractivity contribution in [3.05, 3.63) is 53.4 Å². The third kappa shape index (κ3) is 2.85. The van der Waals surface area contributed by atoms with Crippen molar-refractivity contribution in [2.75, 3.05) is 11.1 Å². The van der Waals surface area contributed by atoms with Gasteiger partial charge in [0.25, 0.3) is 0 Å². The molecule has 1 aromatic carbocycles. The molecule has 8 heteroatoms. The first kappa shape index (κ1) is 15.7. The van der Waals surface area contributed by atoms with Crippen LogP contribution in [0.25, 0.3) is 0 Å². The van der Waals surface area contributed by atoms with Gasteiger partial charge in [0.1, 0.15) is 11.6 Å². The summed E-state index contributed by atoms with van der Waals surface area (Å²) in [7, 11) is 0. The largest absolute Gasteiger partial charge is 0.434 e. The molecular formula is C14H12F4IN3. The molecule has 1 unspecified atom stereocenters. The van der Waals surface area contributed by atoms with Crippen LogP contribution in [0.3, 0.4) is 0 Å². The van der Waals surface area contributed by atoms with Gasteiger partial charge in [-0.3, -0.25) is 4.90 Å². The highest BCUT2D eigenvalue weighted by atomic mass is 127. The number of nitrogens with zero attached hydrogens (tertiary/aromatic N) is 3. The Balaban J connectivity index is 2.07. The molecular weight excluding hydrogens is 413 g/mol. The second kappa shape index (κ2) is 5.80. The van der Waals surface area contributed by atoms with Crippen molar-refractivity contribution < 1.29 is 17.6 Å². The van der Waals surface area contributed by atoms with Crippen molar-refractivity contribution in [2.24, 2.45) is 0 Å². The molecule has 1 atom stereocenters. The number of rotatable bonds is 2. The Labute approximate surface area is 138 Å². The fourth-order valence-corrected chi connectivity index (χ4v) is 3.36. The van der Waals surface area contributed by atoms with E-state index in [2.05, 4.69) is 27.6 Å². The number of alkyl halides is 4. The van der Waals surface area contributed by atoms with Crippen LogP contribution < -0.4 is 0 Å². The van der Waals surface area contributed by atoms with E-state index in [0.29, 0.717) is 23.5 Å². The lowest BCUT2D eigenvalue weighted by Crippen LogP contribution is -2.37. The summed E-state index contributed by atoms with van der Waals surface area (Å²) in [5, 5.41) is 0. The van der Waals surface area contributed by atoms with Gasteiger partial charge in [0.2, 0.25) is 0 Å². The van der Waals surface area contributed by atoms with Crippen molar-refractivity contribution in [3.63, 3.8) is 0 Å². The fourth-order valence-electron chi connectivity index (χ4n) is 2.63. The van der Waals surface area contributed by atoms with Crippen LogP contribution in [0.15, 0.2) is 30.5 Å². The molecule has 0 bridgehead atoms. The van der Waals surface area contributed by atoms with Gasteiger partial charge >= 0.3 is 6.18 Å². The standard InChI is InChI=1S/C14H12F4IN3/c15-10-3-1-9(2-4-10)12-13-20-11(14(16,17)18)7-21(13)5-6-22(12)8-19/h1-4,7,12H,5-6,8H2. The van der Waals surface area contributed by atoms with Gasteiger partial charge in [-0.15, -0.1) is 0 Å². The highest BCUT2D eigenvalue weighted by molar-refractivity contribution is 14.1. The molecule has 1 aliphatic rings. The zero-order valence-corrected chi connectivity index (χ0v) is 13.5. The van der Waals surface area contributed by atoms with Crippen molar-refractivity contribution in [1.29, 1.82) is 0 Å². The van der Waals surface area contributed by atoms with E-state index >= 15 is 0 Å². The number of halogens is 5. The van der Waals surface area contributed by atoms with Gasteiger partial charge in [0.15, 0.2) is 5.69 Å². The van der Waals surface area contributed by atoms with Crippen LogP contribution in [0.5, 0.6) is 0 Å². The zero-order chi connectivity index (χ0) is 15.9. The van der Waals surface area contributed by atoms with E-state index in [1.807, 2.05) is 4.90 Å². The molecule has 0 amide bonds. The maximum absolute atomic E-state index is 13.1. The highest BCUT2D eigenvalue weighted by Gasteiger charge is 2.38. The molecule has 1 aromatic heterocycles. The molecule has 0 N–H and O–H groups in total. The van der Waals surface area contributed by atoms with Gasteiger partial charge < -0.3 is 4.57 Å². The third-order valence-corrected chi connectivity index (χ3v) is 4.55. The number of imidazole rings is 1. The van der Waals surface area contributed by atoms with Crippen LogP contribution in [0.2, 0.25) is 0 Å². The number of hydrogen-bond acceptors (Lipinski definition) is 2. The van der Waals surface area contributed by atoms with Gasteiger partial charge in [-0.25, -0.2) is 9.37 Å². The van der Waals surface area contributed by atoms with Crippen LogP contribution in [-0.4, -0.2) is 25.5 Å². The van der Waals surface area contributed by atoms with Crippen LogP contribution in [0, 0.1) is 5.82 Å². The molecule has 0 saturated heterocycles. The average molecular weight is 425 g/mol. The summed E-state index contributed by atoms with van der Waals surface area (Å²) < 4.78 is 54.0. The summed E-state index contributed by atoms with van der Waals surface area (Å²) in [4.78, 5) is 5.82. The predicted octanol–water partition coefficient (Wildman–Crippen LogP) is 3.84. The van der Waals surface area contributed by atoms with Gasteiger partial charge in [-0.1, -0.05) is 34.7 Å². The maximum Gasteiger partial charge on any atom is 0.434 e. The lowest BCUT2D eigenvalue weighted by Gasteiger charge is -2.34. The zero-order valence-electron chi connectivity index (χ0n) is 11.3. The molecule has 22 heavy (non-hydrogen) atoms. The molecule has 0 spiro atoms. The van der Waals surface area contributed by atoms with Crippen molar-refractivity contribution in [1.82, 2.24) is 14.5 Å². The first-order chi connectivity index (χ1) is 10.4. The number of aromatic nitrogens is 2. The molecule has 0 radical (unpaired) electrons. The summed E-state index contributed by atoms with van der Waals surface area (Å²) in [6, 6.07) is 5.41. The van der Waals surface area contributed by atoms with Crippen LogP contribution >= 0.6 is 22.6 Å². The van der Waals surface area contributed by atoms with Gasteiger partial charge in [-0.2, -0.15) is 13.2 Å². The van der Waals surface area contributed by atoms with Gasteiger partial charge in [-0.05, 0) is 17.7 Å². The SMILES string of the molecule is Fc1ccc(C2c3nc(C(F)(F)F)cn3CCN2CI)cc1. The normalized spacial score (nSPS) is 19.2. The van der Waals surface area contributed by atoms with Crippen molar-refractivity contribution in [2.45, 2.75) is 18.8 Å². The number of fused-ring (bicyclic) bond motifs is 1. The Hall–Kier alpha value is -1.16. The van der Waals surface area contributed by atoms with E-state index in [-0.39, 0.29) is 5.82 Å². The quantitative estimate of drug-likeness (QED) is 0.316. The minimum atomic E-state index is -4.47. The Morgan fingerprint density at radius 3 is 2.45 bits per heavy atom. The monoisotopic (exact) mass is 425 g/mol.